The standard InChI is InChI=1S/C6H5ClN2O5S.Na/c7-5-2-1-4(8-15(12,13)14)3-6(5)9(10)11;/h1-3,8H,(H,12,13,14);/q;+1/p-1. The van der Waals surface area contributed by atoms with Crippen molar-refractivity contribution in [2.45, 2.75) is 0 Å². The molecule has 0 amide bonds. The Hall–Kier alpha value is -0.380. The Labute approximate surface area is 118 Å². The molecule has 0 aliphatic carbocycles. The van der Waals surface area contributed by atoms with E-state index in [1.807, 2.05) is 0 Å². The van der Waals surface area contributed by atoms with Crippen LogP contribution < -0.4 is 34.3 Å². The number of anilines is 1. The smallest absolute Gasteiger partial charge is 0.731 e. The summed E-state index contributed by atoms with van der Waals surface area (Å²) in [5.41, 5.74) is -0.689. The fourth-order valence-electron chi connectivity index (χ4n) is 0.860. The molecular weight excluding hydrogens is 271 g/mol. The second-order valence-corrected chi connectivity index (χ2v) is 4.00. The number of hydrogen-bond donors (Lipinski definition) is 1. The average molecular weight is 275 g/mol. The van der Waals surface area contributed by atoms with Crippen molar-refractivity contribution in [2.24, 2.45) is 0 Å². The van der Waals surface area contributed by atoms with Crippen LogP contribution in [0.5, 0.6) is 0 Å². The van der Waals surface area contributed by atoms with Crippen molar-refractivity contribution in [2.75, 3.05) is 4.72 Å². The Morgan fingerprint density at radius 1 is 1.38 bits per heavy atom. The van der Waals surface area contributed by atoms with Crippen LogP contribution in [0.2, 0.25) is 5.02 Å². The van der Waals surface area contributed by atoms with Crippen molar-refractivity contribution in [3.63, 3.8) is 0 Å². The molecule has 0 spiro atoms. The van der Waals surface area contributed by atoms with Crippen molar-refractivity contribution in [3.05, 3.63) is 33.3 Å². The minimum absolute atomic E-state index is 0. The van der Waals surface area contributed by atoms with Gasteiger partial charge in [-0.05, 0) is 12.1 Å². The summed E-state index contributed by atoms with van der Waals surface area (Å²) in [6.45, 7) is 0. The number of rotatable bonds is 3. The number of halogens is 1. The second kappa shape index (κ2) is 5.80. The molecular formula is C6H4ClN2NaO5S. The summed E-state index contributed by atoms with van der Waals surface area (Å²) in [5, 5.41) is 10.3. The largest absolute Gasteiger partial charge is 1.00 e. The third-order valence-electron chi connectivity index (χ3n) is 1.39. The Morgan fingerprint density at radius 2 is 1.94 bits per heavy atom. The monoisotopic (exact) mass is 274 g/mol. The number of hydrogen-bond acceptors (Lipinski definition) is 5. The molecule has 1 rings (SSSR count). The predicted molar refractivity (Wildman–Crippen MR) is 51.4 cm³/mol. The molecule has 10 heteroatoms. The van der Waals surface area contributed by atoms with Gasteiger partial charge in [0.05, 0.1) is 10.6 Å². The first-order valence-electron chi connectivity index (χ1n) is 3.47. The average Bonchev–Trinajstić information content (AvgIpc) is 2.05. The zero-order chi connectivity index (χ0) is 11.6. The van der Waals surface area contributed by atoms with E-state index in [2.05, 4.69) is 0 Å². The summed E-state index contributed by atoms with van der Waals surface area (Å²) >= 11 is 5.47. The van der Waals surface area contributed by atoms with Gasteiger partial charge in [-0.15, -0.1) is 0 Å². The van der Waals surface area contributed by atoms with Gasteiger partial charge in [0.15, 0.2) is 10.3 Å². The quantitative estimate of drug-likeness (QED) is 0.300. The van der Waals surface area contributed by atoms with Gasteiger partial charge in [0.25, 0.3) is 5.69 Å². The van der Waals surface area contributed by atoms with Gasteiger partial charge in [0, 0.05) is 6.07 Å². The van der Waals surface area contributed by atoms with E-state index in [0.717, 1.165) is 18.2 Å². The minimum atomic E-state index is -4.70. The van der Waals surface area contributed by atoms with Gasteiger partial charge < -0.3 is 4.55 Å². The van der Waals surface area contributed by atoms with Gasteiger partial charge in [-0.1, -0.05) is 11.6 Å². The molecule has 0 radical (unpaired) electrons. The topological polar surface area (TPSA) is 112 Å². The fraction of sp³-hybridized carbons (Fsp3) is 0. The molecule has 0 saturated heterocycles. The summed E-state index contributed by atoms with van der Waals surface area (Å²) in [6.07, 6.45) is 0. The van der Waals surface area contributed by atoms with Crippen molar-refractivity contribution in [1.82, 2.24) is 0 Å². The van der Waals surface area contributed by atoms with Gasteiger partial charge >= 0.3 is 29.6 Å². The Bertz CT molecular complexity index is 506. The normalized spacial score (nSPS) is 10.4. The van der Waals surface area contributed by atoms with Crippen molar-refractivity contribution in [1.29, 1.82) is 0 Å². The van der Waals surface area contributed by atoms with Crippen molar-refractivity contribution in [3.8, 4) is 0 Å². The van der Waals surface area contributed by atoms with Crippen LogP contribution in [0.4, 0.5) is 11.4 Å². The Morgan fingerprint density at radius 3 is 2.38 bits per heavy atom. The van der Waals surface area contributed by atoms with Gasteiger partial charge in [-0.3, -0.25) is 14.8 Å². The van der Waals surface area contributed by atoms with E-state index >= 15 is 0 Å². The molecule has 0 aliphatic heterocycles. The molecule has 1 aromatic rings. The molecule has 0 aliphatic rings. The third-order valence-corrected chi connectivity index (χ3v) is 2.19. The minimum Gasteiger partial charge on any atom is -0.731 e. The molecule has 1 aromatic carbocycles. The SMILES string of the molecule is O=[N+]([O-])c1cc(NS(=O)(=O)[O-])ccc1Cl.[Na+]. The van der Waals surface area contributed by atoms with E-state index in [0.29, 0.717) is 0 Å². The summed E-state index contributed by atoms with van der Waals surface area (Å²) < 4.78 is 32.4. The first-order chi connectivity index (χ1) is 6.79. The molecule has 0 unspecified atom stereocenters. The molecule has 7 nitrogen and oxygen atoms in total. The van der Waals surface area contributed by atoms with Crippen LogP contribution in [-0.2, 0) is 10.3 Å². The van der Waals surface area contributed by atoms with Crippen LogP contribution in [0.15, 0.2) is 18.2 Å². The Kier molecular flexibility index (Phi) is 5.66. The number of nitrogens with zero attached hydrogens (tertiary/aromatic N) is 1. The van der Waals surface area contributed by atoms with Crippen molar-refractivity contribution < 1.29 is 47.5 Å². The van der Waals surface area contributed by atoms with Crippen LogP contribution in [-0.4, -0.2) is 17.9 Å². The maximum Gasteiger partial charge on any atom is 1.00 e. The maximum atomic E-state index is 10.4. The van der Waals surface area contributed by atoms with Gasteiger partial charge in [0.2, 0.25) is 0 Å². The van der Waals surface area contributed by atoms with E-state index in [1.165, 1.54) is 0 Å². The molecule has 0 heterocycles. The fourth-order valence-corrected chi connectivity index (χ4v) is 1.46. The molecule has 0 atom stereocenters. The first-order valence-corrected chi connectivity index (χ1v) is 5.26. The van der Waals surface area contributed by atoms with Crippen LogP contribution in [0.25, 0.3) is 0 Å². The van der Waals surface area contributed by atoms with Gasteiger partial charge in [0.1, 0.15) is 5.02 Å². The maximum absolute atomic E-state index is 10.4. The molecule has 16 heavy (non-hydrogen) atoms. The zero-order valence-corrected chi connectivity index (χ0v) is 11.6. The van der Waals surface area contributed by atoms with Crippen LogP contribution in [0.3, 0.4) is 0 Å². The van der Waals surface area contributed by atoms with Gasteiger partial charge in [-0.2, -0.15) is 0 Å². The van der Waals surface area contributed by atoms with Gasteiger partial charge in [-0.25, -0.2) is 8.42 Å². The molecule has 1 N–H and O–H groups in total. The van der Waals surface area contributed by atoms with E-state index in [4.69, 9.17) is 11.6 Å². The molecule has 0 fully saturated rings. The molecule has 0 aromatic heterocycles. The van der Waals surface area contributed by atoms with Crippen LogP contribution in [0.1, 0.15) is 0 Å². The number of benzene rings is 1. The van der Waals surface area contributed by atoms with Crippen LogP contribution >= 0.6 is 11.6 Å². The summed E-state index contributed by atoms with van der Waals surface area (Å²) in [7, 11) is -4.70. The third kappa shape index (κ3) is 4.64. The summed E-state index contributed by atoms with van der Waals surface area (Å²) in [4.78, 5) is 9.62. The number of nitrogens with one attached hydrogen (secondary N) is 1. The number of nitro benzene ring substituents is 1. The summed E-state index contributed by atoms with van der Waals surface area (Å²) in [5.74, 6) is 0. The molecule has 0 saturated carbocycles. The zero-order valence-electron chi connectivity index (χ0n) is 8.01. The number of nitro groups is 1. The van der Waals surface area contributed by atoms with E-state index in [1.54, 1.807) is 4.72 Å². The predicted octanol–water partition coefficient (Wildman–Crippen LogP) is -1.88. The van der Waals surface area contributed by atoms with E-state index in [-0.39, 0.29) is 40.3 Å². The van der Waals surface area contributed by atoms with E-state index < -0.39 is 20.9 Å². The molecule has 82 valence electrons. The van der Waals surface area contributed by atoms with Crippen LogP contribution in [0, 0.1) is 10.1 Å². The summed E-state index contributed by atoms with van der Waals surface area (Å²) in [6, 6.07) is 3.12. The first kappa shape index (κ1) is 15.6. The van der Waals surface area contributed by atoms with Crippen molar-refractivity contribution >= 4 is 33.3 Å². The van der Waals surface area contributed by atoms with E-state index in [9.17, 15) is 23.1 Å². The Balaban J connectivity index is 0.00000225. The molecule has 0 bridgehead atoms. The second-order valence-electron chi connectivity index (χ2n) is 2.48.